The molecule has 1 aromatic rings. The van der Waals surface area contributed by atoms with Crippen LogP contribution in [0, 0.1) is 10.1 Å². The number of rotatable bonds is 6. The fourth-order valence-electron chi connectivity index (χ4n) is 1.75. The van der Waals surface area contributed by atoms with Gasteiger partial charge in [-0.15, -0.1) is 0 Å². The number of nitro groups is 1. The lowest BCUT2D eigenvalue weighted by molar-refractivity contribution is -0.385. The average Bonchev–Trinajstić information content (AvgIpc) is 2.35. The van der Waals surface area contributed by atoms with E-state index in [0.717, 1.165) is 6.33 Å². The highest BCUT2D eigenvalue weighted by Gasteiger charge is 2.32. The van der Waals surface area contributed by atoms with Crippen LogP contribution in [0.15, 0.2) is 6.33 Å². The van der Waals surface area contributed by atoms with Crippen LogP contribution in [-0.2, 0) is 9.53 Å². The lowest BCUT2D eigenvalue weighted by atomic mass is 9.98. The van der Waals surface area contributed by atoms with Gasteiger partial charge in [0.2, 0.25) is 5.82 Å². The molecule has 0 aliphatic rings. The van der Waals surface area contributed by atoms with E-state index < -0.39 is 22.5 Å². The fourth-order valence-corrected chi connectivity index (χ4v) is 1.75. The van der Waals surface area contributed by atoms with Crippen LogP contribution in [0.1, 0.15) is 38.3 Å². The molecule has 0 bridgehead atoms. The Balaban J connectivity index is 3.26. The van der Waals surface area contributed by atoms with Crippen LogP contribution in [-0.4, -0.2) is 27.5 Å². The molecule has 1 heterocycles. The first-order chi connectivity index (χ1) is 9.02. The molecule has 1 unspecified atom stereocenters. The number of nitrogens with zero attached hydrogens (tertiary/aromatic N) is 3. The minimum atomic E-state index is -0.796. The molecule has 1 aromatic heterocycles. The number of nitrogen functional groups attached to an aromatic ring is 1. The molecular formula is C11H16N4O4. The summed E-state index contributed by atoms with van der Waals surface area (Å²) in [7, 11) is 0. The fraction of sp³-hybridized carbons (Fsp3) is 0.545. The molecule has 1 rings (SSSR count). The maximum atomic E-state index is 11.9. The number of hydrogen-bond acceptors (Lipinski definition) is 7. The van der Waals surface area contributed by atoms with Gasteiger partial charge >= 0.3 is 11.7 Å². The maximum absolute atomic E-state index is 11.9. The SMILES string of the molecule is CCCC(C(=O)OCC)c1ncnc(N)c1[N+](=O)[O-]. The first kappa shape index (κ1) is 14.8. The summed E-state index contributed by atoms with van der Waals surface area (Å²) >= 11 is 0. The normalized spacial score (nSPS) is 11.9. The summed E-state index contributed by atoms with van der Waals surface area (Å²) < 4.78 is 4.92. The highest BCUT2D eigenvalue weighted by atomic mass is 16.6. The van der Waals surface area contributed by atoms with Crippen molar-refractivity contribution in [3.8, 4) is 0 Å². The molecule has 1 atom stereocenters. The molecule has 2 N–H and O–H groups in total. The Morgan fingerprint density at radius 2 is 2.21 bits per heavy atom. The Bertz CT molecular complexity index is 478. The van der Waals surface area contributed by atoms with Crippen molar-refractivity contribution in [2.45, 2.75) is 32.6 Å². The number of carbonyl (C=O) groups excluding carboxylic acids is 1. The molecule has 0 aromatic carbocycles. The van der Waals surface area contributed by atoms with Crippen LogP contribution in [0.3, 0.4) is 0 Å². The average molecular weight is 268 g/mol. The van der Waals surface area contributed by atoms with Crippen LogP contribution in [0.2, 0.25) is 0 Å². The molecule has 8 heteroatoms. The van der Waals surface area contributed by atoms with Gasteiger partial charge in [0.25, 0.3) is 0 Å². The molecule has 0 aliphatic carbocycles. The van der Waals surface area contributed by atoms with E-state index in [4.69, 9.17) is 10.5 Å². The van der Waals surface area contributed by atoms with Gasteiger partial charge in [-0.25, -0.2) is 9.97 Å². The summed E-state index contributed by atoms with van der Waals surface area (Å²) in [5.41, 5.74) is 5.08. The Hall–Kier alpha value is -2.25. The molecule has 104 valence electrons. The van der Waals surface area contributed by atoms with Gasteiger partial charge in [-0.2, -0.15) is 0 Å². The maximum Gasteiger partial charge on any atom is 0.333 e. The number of hydrogen-bond donors (Lipinski definition) is 1. The van der Waals surface area contributed by atoms with Crippen molar-refractivity contribution in [2.75, 3.05) is 12.3 Å². The van der Waals surface area contributed by atoms with Gasteiger partial charge in [-0.3, -0.25) is 14.9 Å². The van der Waals surface area contributed by atoms with Crippen molar-refractivity contribution in [2.24, 2.45) is 0 Å². The minimum absolute atomic E-state index is 0.0119. The molecule has 19 heavy (non-hydrogen) atoms. The molecule has 0 fully saturated rings. The van der Waals surface area contributed by atoms with Crippen LogP contribution in [0.4, 0.5) is 11.5 Å². The van der Waals surface area contributed by atoms with E-state index in [1.54, 1.807) is 6.92 Å². The summed E-state index contributed by atoms with van der Waals surface area (Å²) in [6.45, 7) is 3.74. The van der Waals surface area contributed by atoms with E-state index in [9.17, 15) is 14.9 Å². The van der Waals surface area contributed by atoms with Crippen molar-refractivity contribution in [1.82, 2.24) is 9.97 Å². The summed E-state index contributed by atoms with van der Waals surface area (Å²) in [5, 5.41) is 11.0. The highest BCUT2D eigenvalue weighted by molar-refractivity contribution is 5.80. The molecule has 0 amide bonds. The zero-order valence-electron chi connectivity index (χ0n) is 10.8. The first-order valence-electron chi connectivity index (χ1n) is 5.94. The minimum Gasteiger partial charge on any atom is -0.465 e. The Morgan fingerprint density at radius 1 is 1.53 bits per heavy atom. The molecule has 0 spiro atoms. The van der Waals surface area contributed by atoms with Crippen LogP contribution in [0.25, 0.3) is 0 Å². The molecule has 0 saturated carbocycles. The van der Waals surface area contributed by atoms with Crippen LogP contribution >= 0.6 is 0 Å². The first-order valence-corrected chi connectivity index (χ1v) is 5.94. The third-order valence-electron chi connectivity index (χ3n) is 2.54. The third kappa shape index (κ3) is 3.36. The summed E-state index contributed by atoms with van der Waals surface area (Å²) in [4.78, 5) is 29.7. The number of nitrogens with two attached hydrogens (primary N) is 1. The van der Waals surface area contributed by atoms with E-state index >= 15 is 0 Å². The van der Waals surface area contributed by atoms with Crippen molar-refractivity contribution < 1.29 is 14.5 Å². The summed E-state index contributed by atoms with van der Waals surface area (Å²) in [6.07, 6.45) is 2.17. The van der Waals surface area contributed by atoms with E-state index in [1.807, 2.05) is 6.92 Å². The Labute approximate surface area is 110 Å². The molecular weight excluding hydrogens is 252 g/mol. The predicted octanol–water partition coefficient (Wildman–Crippen LogP) is 1.41. The van der Waals surface area contributed by atoms with E-state index in [0.29, 0.717) is 12.8 Å². The number of esters is 1. The van der Waals surface area contributed by atoms with Gasteiger partial charge in [0.15, 0.2) is 0 Å². The molecule has 0 saturated heterocycles. The van der Waals surface area contributed by atoms with Crippen molar-refractivity contribution in [1.29, 1.82) is 0 Å². The van der Waals surface area contributed by atoms with Crippen molar-refractivity contribution >= 4 is 17.5 Å². The number of aromatic nitrogens is 2. The monoisotopic (exact) mass is 268 g/mol. The zero-order chi connectivity index (χ0) is 14.4. The summed E-state index contributed by atoms with van der Waals surface area (Å²) in [5.74, 6) is -1.58. The van der Waals surface area contributed by atoms with E-state index in [2.05, 4.69) is 9.97 Å². The highest BCUT2D eigenvalue weighted by Crippen LogP contribution is 2.31. The Kier molecular flexibility index (Phi) is 5.16. The topological polar surface area (TPSA) is 121 Å². The predicted molar refractivity (Wildman–Crippen MR) is 67.4 cm³/mol. The van der Waals surface area contributed by atoms with E-state index in [1.165, 1.54) is 0 Å². The second-order valence-electron chi connectivity index (χ2n) is 3.84. The molecule has 0 radical (unpaired) electrons. The van der Waals surface area contributed by atoms with Crippen LogP contribution in [0.5, 0.6) is 0 Å². The summed E-state index contributed by atoms with van der Waals surface area (Å²) in [6, 6.07) is 0. The van der Waals surface area contributed by atoms with Gasteiger partial charge in [0.05, 0.1) is 11.5 Å². The molecule has 8 nitrogen and oxygen atoms in total. The standard InChI is InChI=1S/C11H16N4O4/c1-3-5-7(11(16)19-4-2)8-9(15(17)18)10(12)14-6-13-8/h6-7H,3-5H2,1-2H3,(H2,12,13,14). The van der Waals surface area contributed by atoms with Crippen molar-refractivity contribution in [3.63, 3.8) is 0 Å². The van der Waals surface area contributed by atoms with E-state index in [-0.39, 0.29) is 18.1 Å². The van der Waals surface area contributed by atoms with Gasteiger partial charge in [0.1, 0.15) is 17.9 Å². The number of carbonyl (C=O) groups is 1. The van der Waals surface area contributed by atoms with Crippen molar-refractivity contribution in [3.05, 3.63) is 22.1 Å². The third-order valence-corrected chi connectivity index (χ3v) is 2.54. The van der Waals surface area contributed by atoms with Gasteiger partial charge in [-0.1, -0.05) is 13.3 Å². The molecule has 0 aliphatic heterocycles. The Morgan fingerprint density at radius 3 is 2.74 bits per heavy atom. The number of anilines is 1. The lowest BCUT2D eigenvalue weighted by Crippen LogP contribution is -2.19. The second kappa shape index (κ2) is 6.62. The van der Waals surface area contributed by atoms with Crippen LogP contribution < -0.4 is 5.73 Å². The zero-order valence-corrected chi connectivity index (χ0v) is 10.8. The van der Waals surface area contributed by atoms with Gasteiger partial charge < -0.3 is 10.5 Å². The smallest absolute Gasteiger partial charge is 0.333 e. The lowest BCUT2D eigenvalue weighted by Gasteiger charge is -2.14. The number of ether oxygens (including phenoxy) is 1. The van der Waals surface area contributed by atoms with Gasteiger partial charge in [-0.05, 0) is 13.3 Å². The second-order valence-corrected chi connectivity index (χ2v) is 3.84. The quantitative estimate of drug-likeness (QED) is 0.470. The largest absolute Gasteiger partial charge is 0.465 e. The van der Waals surface area contributed by atoms with Gasteiger partial charge in [0, 0.05) is 0 Å².